The van der Waals surface area contributed by atoms with Crippen LogP contribution in [-0.2, 0) is 37.0 Å². The van der Waals surface area contributed by atoms with Gasteiger partial charge in [-0.1, -0.05) is 67.1 Å². The molecule has 2 aromatic heterocycles. The number of nitrogens with zero attached hydrogens (tertiary/aromatic N) is 1. The second-order valence-corrected chi connectivity index (χ2v) is 15.0. The van der Waals surface area contributed by atoms with E-state index >= 15 is 0 Å². The molecule has 10 nitrogen and oxygen atoms in total. The number of aryl methyl sites for hydroxylation is 1. The van der Waals surface area contributed by atoms with E-state index in [4.69, 9.17) is 0 Å². The summed E-state index contributed by atoms with van der Waals surface area (Å²) in [5.41, 5.74) is 1.77. The number of carbonyl (C=O) groups excluding carboxylic acids is 3. The van der Waals surface area contributed by atoms with Crippen molar-refractivity contribution < 1.29 is 36.0 Å². The Balaban J connectivity index is 1.39. The highest BCUT2D eigenvalue weighted by Crippen LogP contribution is 2.32. The van der Waals surface area contributed by atoms with Crippen LogP contribution in [-0.4, -0.2) is 41.1 Å². The van der Waals surface area contributed by atoms with Crippen molar-refractivity contribution in [2.24, 2.45) is 5.92 Å². The Labute approximate surface area is 304 Å². The molecule has 0 saturated carbocycles. The average molecular weight is 746 g/mol. The number of hydrogen-bond acceptors (Lipinski definition) is 5. The third-order valence-corrected chi connectivity index (χ3v) is 11.0. The monoisotopic (exact) mass is 745 g/mol. The van der Waals surface area contributed by atoms with E-state index in [0.717, 1.165) is 32.6 Å². The predicted molar refractivity (Wildman–Crippen MR) is 193 cm³/mol. The maximum Gasteiger partial charge on any atom is 0.416 e. The van der Waals surface area contributed by atoms with Gasteiger partial charge in [0.05, 0.1) is 34.7 Å². The lowest BCUT2D eigenvalue weighted by molar-refractivity contribution is -0.137. The van der Waals surface area contributed by atoms with Crippen LogP contribution >= 0.6 is 0 Å². The first kappa shape index (κ1) is 37.1. The van der Waals surface area contributed by atoms with Crippen LogP contribution in [0, 0.1) is 12.8 Å². The number of amides is 3. The summed E-state index contributed by atoms with van der Waals surface area (Å²) in [6.07, 6.45) is 1.02. The second kappa shape index (κ2) is 15.2. The Hall–Kier alpha value is -5.63. The SMILES string of the molecule is Cc1ccc(S(=O)(=O)n2cccc2[C@@H]2NC(=O)[C@H](Cc3c[nH]c4ccccc34)NC(=O)C[C@@H](c3cccc(C(F)(F)F)c3)NC(=O)C/C=C/[C@@H]2C)cc1. The van der Waals surface area contributed by atoms with E-state index in [1.807, 2.05) is 31.2 Å². The van der Waals surface area contributed by atoms with Crippen LogP contribution in [0.3, 0.4) is 0 Å². The largest absolute Gasteiger partial charge is 0.416 e. The topological polar surface area (TPSA) is 142 Å². The maximum absolute atomic E-state index is 14.4. The molecule has 1 aliphatic rings. The minimum absolute atomic E-state index is 0.0157. The van der Waals surface area contributed by atoms with Gasteiger partial charge in [0.2, 0.25) is 17.7 Å². The van der Waals surface area contributed by atoms with E-state index < -0.39 is 69.9 Å². The van der Waals surface area contributed by atoms with Crippen LogP contribution < -0.4 is 16.0 Å². The van der Waals surface area contributed by atoms with E-state index in [1.54, 1.807) is 49.5 Å². The first-order valence-electron chi connectivity index (χ1n) is 17.0. The van der Waals surface area contributed by atoms with Crippen molar-refractivity contribution in [1.82, 2.24) is 24.9 Å². The van der Waals surface area contributed by atoms with Crippen LogP contribution in [0.1, 0.15) is 59.8 Å². The number of aromatic amines is 1. The number of para-hydroxylation sites is 1. The Kier molecular flexibility index (Phi) is 10.6. The first-order chi connectivity index (χ1) is 25.2. The number of nitrogens with one attached hydrogen (secondary N) is 4. The molecule has 3 heterocycles. The number of rotatable bonds is 6. The van der Waals surface area contributed by atoms with Crippen LogP contribution in [0.25, 0.3) is 10.9 Å². The summed E-state index contributed by atoms with van der Waals surface area (Å²) in [6.45, 7) is 3.59. The molecule has 53 heavy (non-hydrogen) atoms. The Bertz CT molecular complexity index is 2280. The normalized spacial score (nSPS) is 21.3. The summed E-state index contributed by atoms with van der Waals surface area (Å²) in [5.74, 6) is -2.46. The van der Waals surface area contributed by atoms with E-state index in [0.29, 0.717) is 5.56 Å². The third-order valence-electron chi connectivity index (χ3n) is 9.30. The average Bonchev–Trinajstić information content (AvgIpc) is 3.78. The molecule has 0 fully saturated rings. The van der Waals surface area contributed by atoms with Gasteiger partial charge in [-0.25, -0.2) is 12.4 Å². The fourth-order valence-electron chi connectivity index (χ4n) is 6.50. The van der Waals surface area contributed by atoms with E-state index in [-0.39, 0.29) is 29.0 Å². The van der Waals surface area contributed by atoms with E-state index in [1.165, 1.54) is 30.5 Å². The Morgan fingerprint density at radius 1 is 0.868 bits per heavy atom. The zero-order valence-electron chi connectivity index (χ0n) is 28.9. The number of benzene rings is 3. The van der Waals surface area contributed by atoms with E-state index in [9.17, 15) is 36.0 Å². The second-order valence-electron chi connectivity index (χ2n) is 13.2. The molecule has 4 atom stereocenters. The minimum atomic E-state index is -4.65. The lowest BCUT2D eigenvalue weighted by Crippen LogP contribution is -2.50. The molecule has 3 aromatic carbocycles. The van der Waals surface area contributed by atoms with Crippen molar-refractivity contribution in [3.63, 3.8) is 0 Å². The number of alkyl halides is 3. The highest BCUT2D eigenvalue weighted by atomic mass is 32.2. The molecule has 0 radical (unpaired) electrons. The van der Waals surface area contributed by atoms with Gasteiger partial charge < -0.3 is 20.9 Å². The van der Waals surface area contributed by atoms with Gasteiger partial charge >= 0.3 is 6.18 Å². The molecule has 0 aliphatic carbocycles. The van der Waals surface area contributed by atoms with Gasteiger partial charge in [-0.2, -0.15) is 13.2 Å². The van der Waals surface area contributed by atoms with Crippen LogP contribution in [0.4, 0.5) is 13.2 Å². The zero-order valence-corrected chi connectivity index (χ0v) is 29.7. The van der Waals surface area contributed by atoms with Crippen molar-refractivity contribution in [3.05, 3.63) is 137 Å². The zero-order chi connectivity index (χ0) is 37.9. The lowest BCUT2D eigenvalue weighted by Gasteiger charge is -2.28. The highest BCUT2D eigenvalue weighted by Gasteiger charge is 2.34. The number of hydrogen-bond donors (Lipinski definition) is 4. The molecule has 276 valence electrons. The number of halogens is 3. The molecule has 3 amide bonds. The lowest BCUT2D eigenvalue weighted by atomic mass is 9.96. The van der Waals surface area contributed by atoms with E-state index in [2.05, 4.69) is 20.9 Å². The number of H-pyrrole nitrogens is 1. The Morgan fingerprint density at radius 3 is 2.38 bits per heavy atom. The fourth-order valence-corrected chi connectivity index (χ4v) is 7.89. The summed E-state index contributed by atoms with van der Waals surface area (Å²) < 4.78 is 69.7. The van der Waals surface area contributed by atoms with Crippen molar-refractivity contribution in [3.8, 4) is 0 Å². The quantitative estimate of drug-likeness (QED) is 0.152. The van der Waals surface area contributed by atoms with Crippen LogP contribution in [0.2, 0.25) is 0 Å². The van der Waals surface area contributed by atoms with Gasteiger partial charge in [0, 0.05) is 36.1 Å². The molecule has 14 heteroatoms. The smallest absolute Gasteiger partial charge is 0.361 e. The molecule has 5 aromatic rings. The van der Waals surface area contributed by atoms with Gasteiger partial charge in [-0.05, 0) is 66.4 Å². The number of fused-ring (bicyclic) bond motifs is 1. The first-order valence-corrected chi connectivity index (χ1v) is 18.4. The van der Waals surface area contributed by atoms with Crippen molar-refractivity contribution >= 4 is 38.6 Å². The molecule has 0 unspecified atom stereocenters. The summed E-state index contributed by atoms with van der Waals surface area (Å²) >= 11 is 0. The summed E-state index contributed by atoms with van der Waals surface area (Å²) in [6, 6.07) is 18.0. The molecular weight excluding hydrogens is 708 g/mol. The predicted octanol–water partition coefficient (Wildman–Crippen LogP) is 6.26. The van der Waals surface area contributed by atoms with Crippen molar-refractivity contribution in [2.75, 3.05) is 0 Å². The summed E-state index contributed by atoms with van der Waals surface area (Å²) in [5, 5.41) is 9.24. The molecule has 0 spiro atoms. The molecular formula is C39H38F3N5O5S. The Morgan fingerprint density at radius 2 is 1.62 bits per heavy atom. The number of aromatic nitrogens is 2. The molecule has 0 saturated heterocycles. The summed E-state index contributed by atoms with van der Waals surface area (Å²) in [4.78, 5) is 44.5. The van der Waals surface area contributed by atoms with Crippen molar-refractivity contribution in [1.29, 1.82) is 0 Å². The molecule has 1 aliphatic heterocycles. The number of carbonyl (C=O) groups is 3. The van der Waals surface area contributed by atoms with Crippen LogP contribution in [0.5, 0.6) is 0 Å². The maximum atomic E-state index is 14.4. The highest BCUT2D eigenvalue weighted by molar-refractivity contribution is 7.90. The van der Waals surface area contributed by atoms with Gasteiger partial charge in [0.15, 0.2) is 0 Å². The standard InChI is InChI=1S/C39H38F3N5O5S/c1-24-15-17-29(18-16-24)53(51,52)47-19-7-13-34(47)37-25(2)8-5-14-35(48)44-32(26-9-6-10-28(20-26)39(40,41)42)22-36(49)45-33(38(50)46-37)21-27-23-43-31-12-4-3-11-30(27)31/h3-13,15-20,23,25,32-33,37,43H,14,21-22H2,1-2H3,(H,44,48)(H,45,49)(H,46,50)/b8-5+/t25-,32-,33-,37+/m0/s1. The van der Waals surface area contributed by atoms with Gasteiger partial charge in [-0.3, -0.25) is 14.4 Å². The van der Waals surface area contributed by atoms with Gasteiger partial charge in [0.25, 0.3) is 10.0 Å². The van der Waals surface area contributed by atoms with Gasteiger partial charge in [0.1, 0.15) is 6.04 Å². The molecule has 6 rings (SSSR count). The molecule has 0 bridgehead atoms. The summed E-state index contributed by atoms with van der Waals surface area (Å²) in [7, 11) is -4.10. The fraction of sp³-hybridized carbons (Fsp3) is 0.256. The molecule has 4 N–H and O–H groups in total. The third kappa shape index (κ3) is 8.38. The van der Waals surface area contributed by atoms with Crippen LogP contribution in [0.15, 0.2) is 114 Å². The van der Waals surface area contributed by atoms with Gasteiger partial charge in [-0.15, -0.1) is 0 Å². The minimum Gasteiger partial charge on any atom is -0.361 e. The van der Waals surface area contributed by atoms with Crippen molar-refractivity contribution in [2.45, 2.75) is 62.3 Å².